The van der Waals surface area contributed by atoms with Crippen molar-refractivity contribution < 1.29 is 0 Å². The molecule has 0 saturated heterocycles. The van der Waals surface area contributed by atoms with E-state index >= 15 is 0 Å². The fourth-order valence-corrected chi connectivity index (χ4v) is 3.01. The number of nitrogens with zero attached hydrogens (tertiary/aromatic N) is 3. The number of H-pyrrole nitrogens is 1. The molecule has 0 aromatic carbocycles. The molecular formula is C15H14N4O. The Morgan fingerprint density at radius 2 is 2.25 bits per heavy atom. The van der Waals surface area contributed by atoms with Crippen molar-refractivity contribution in [1.82, 2.24) is 19.6 Å². The molecule has 1 aliphatic rings. The zero-order valence-corrected chi connectivity index (χ0v) is 11.2. The normalized spacial score (nSPS) is 13.8. The molecule has 1 N–H and O–H groups in total. The summed E-state index contributed by atoms with van der Waals surface area (Å²) in [5.41, 5.74) is 5.45. The molecule has 0 bridgehead atoms. The van der Waals surface area contributed by atoms with Crippen LogP contribution in [-0.4, -0.2) is 19.6 Å². The molecule has 5 heteroatoms. The van der Waals surface area contributed by atoms with Crippen molar-refractivity contribution in [3.63, 3.8) is 0 Å². The number of hydrogen-bond acceptors (Lipinski definition) is 3. The van der Waals surface area contributed by atoms with Gasteiger partial charge < -0.3 is 0 Å². The Hall–Kier alpha value is -2.43. The van der Waals surface area contributed by atoms with Gasteiger partial charge in [0.1, 0.15) is 0 Å². The SMILES string of the molecule is Cc1[nH]n2c(=O)c3c(nc2c1-c1cccnc1)CCC3. The van der Waals surface area contributed by atoms with Gasteiger partial charge in [-0.15, -0.1) is 0 Å². The van der Waals surface area contributed by atoms with Crippen molar-refractivity contribution in [2.75, 3.05) is 0 Å². The lowest BCUT2D eigenvalue weighted by atomic mass is 10.1. The molecule has 5 nitrogen and oxygen atoms in total. The van der Waals surface area contributed by atoms with Crippen molar-refractivity contribution in [3.05, 3.63) is 51.8 Å². The van der Waals surface area contributed by atoms with Gasteiger partial charge >= 0.3 is 0 Å². The maximum Gasteiger partial charge on any atom is 0.276 e. The third-order valence-electron chi connectivity index (χ3n) is 3.93. The predicted octanol–water partition coefficient (Wildman–Crippen LogP) is 1.88. The second-order valence-electron chi connectivity index (χ2n) is 5.21. The van der Waals surface area contributed by atoms with Crippen LogP contribution in [0, 0.1) is 6.92 Å². The maximum absolute atomic E-state index is 12.5. The van der Waals surface area contributed by atoms with Gasteiger partial charge in [-0.1, -0.05) is 6.07 Å². The summed E-state index contributed by atoms with van der Waals surface area (Å²) in [5.74, 6) is 0. The molecule has 3 aromatic heterocycles. The standard InChI is InChI=1S/C15H14N4O/c1-9-13(10-4-3-7-16-8-10)14-17-12-6-2-5-11(12)15(20)19(14)18-9/h3-4,7-8,18H,2,5-6H2,1H3. The van der Waals surface area contributed by atoms with E-state index in [0.29, 0.717) is 5.65 Å². The maximum atomic E-state index is 12.5. The van der Waals surface area contributed by atoms with E-state index < -0.39 is 0 Å². The van der Waals surface area contributed by atoms with E-state index in [-0.39, 0.29) is 5.56 Å². The second kappa shape index (κ2) is 4.03. The average Bonchev–Trinajstić information content (AvgIpc) is 3.04. The van der Waals surface area contributed by atoms with Gasteiger partial charge in [0.2, 0.25) is 0 Å². The fraction of sp³-hybridized carbons (Fsp3) is 0.267. The minimum Gasteiger partial charge on any atom is -0.293 e. The topological polar surface area (TPSA) is 63.0 Å². The van der Waals surface area contributed by atoms with Crippen LogP contribution in [0.2, 0.25) is 0 Å². The van der Waals surface area contributed by atoms with Gasteiger partial charge in [0.25, 0.3) is 5.56 Å². The highest BCUT2D eigenvalue weighted by atomic mass is 16.1. The first-order valence-corrected chi connectivity index (χ1v) is 6.79. The molecule has 3 heterocycles. The lowest BCUT2D eigenvalue weighted by Gasteiger charge is -2.02. The lowest BCUT2D eigenvalue weighted by Crippen LogP contribution is -2.20. The summed E-state index contributed by atoms with van der Waals surface area (Å²) in [6.07, 6.45) is 6.30. The second-order valence-corrected chi connectivity index (χ2v) is 5.21. The van der Waals surface area contributed by atoms with Crippen LogP contribution in [0.3, 0.4) is 0 Å². The first kappa shape index (κ1) is 11.4. The number of rotatable bonds is 1. The largest absolute Gasteiger partial charge is 0.293 e. The smallest absolute Gasteiger partial charge is 0.276 e. The molecule has 0 unspecified atom stereocenters. The van der Waals surface area contributed by atoms with Gasteiger partial charge in [-0.2, -0.15) is 0 Å². The minimum atomic E-state index is 0.0424. The Bertz CT molecular complexity index is 861. The summed E-state index contributed by atoms with van der Waals surface area (Å²) < 4.78 is 1.57. The highest BCUT2D eigenvalue weighted by molar-refractivity contribution is 5.79. The van der Waals surface area contributed by atoms with E-state index in [4.69, 9.17) is 4.98 Å². The summed E-state index contributed by atoms with van der Waals surface area (Å²) in [7, 11) is 0. The number of nitrogens with one attached hydrogen (secondary N) is 1. The third-order valence-corrected chi connectivity index (χ3v) is 3.93. The Labute approximate surface area is 115 Å². The van der Waals surface area contributed by atoms with Gasteiger partial charge in [0.05, 0.1) is 5.69 Å². The van der Waals surface area contributed by atoms with Crippen molar-refractivity contribution in [2.45, 2.75) is 26.2 Å². The van der Waals surface area contributed by atoms with Gasteiger partial charge in [0, 0.05) is 34.8 Å². The monoisotopic (exact) mass is 266 g/mol. The van der Waals surface area contributed by atoms with Crippen LogP contribution >= 0.6 is 0 Å². The van der Waals surface area contributed by atoms with Crippen LogP contribution < -0.4 is 5.56 Å². The van der Waals surface area contributed by atoms with E-state index in [1.54, 1.807) is 16.9 Å². The zero-order chi connectivity index (χ0) is 13.7. The molecule has 0 aliphatic heterocycles. The van der Waals surface area contributed by atoms with Crippen LogP contribution in [0.15, 0.2) is 29.3 Å². The predicted molar refractivity (Wildman–Crippen MR) is 75.8 cm³/mol. The molecule has 1 aliphatic carbocycles. The number of fused-ring (bicyclic) bond motifs is 2. The summed E-state index contributed by atoms with van der Waals surface area (Å²) in [6.45, 7) is 1.96. The molecule has 20 heavy (non-hydrogen) atoms. The van der Waals surface area contributed by atoms with Gasteiger partial charge in [-0.3, -0.25) is 14.9 Å². The van der Waals surface area contributed by atoms with Crippen LogP contribution in [0.4, 0.5) is 0 Å². The first-order chi connectivity index (χ1) is 9.75. The number of aromatic amines is 1. The highest BCUT2D eigenvalue weighted by Crippen LogP contribution is 2.27. The van der Waals surface area contributed by atoms with Crippen molar-refractivity contribution >= 4 is 5.65 Å². The third kappa shape index (κ3) is 1.46. The number of pyridine rings is 1. The van der Waals surface area contributed by atoms with E-state index in [0.717, 1.165) is 47.3 Å². The number of aryl methyl sites for hydroxylation is 2. The van der Waals surface area contributed by atoms with E-state index in [9.17, 15) is 4.79 Å². The minimum absolute atomic E-state index is 0.0424. The van der Waals surface area contributed by atoms with Crippen LogP contribution in [0.25, 0.3) is 16.8 Å². The van der Waals surface area contributed by atoms with Crippen molar-refractivity contribution in [3.8, 4) is 11.1 Å². The molecule has 0 amide bonds. The summed E-state index contributed by atoms with van der Waals surface area (Å²) >= 11 is 0. The molecule has 0 spiro atoms. The molecule has 3 aromatic rings. The van der Waals surface area contributed by atoms with E-state index in [1.807, 2.05) is 19.1 Å². The van der Waals surface area contributed by atoms with E-state index in [1.165, 1.54) is 0 Å². The Kier molecular flexibility index (Phi) is 2.30. The highest BCUT2D eigenvalue weighted by Gasteiger charge is 2.21. The fourth-order valence-electron chi connectivity index (χ4n) is 3.01. The van der Waals surface area contributed by atoms with Crippen LogP contribution in [0.1, 0.15) is 23.4 Å². The Morgan fingerprint density at radius 1 is 1.35 bits per heavy atom. The molecule has 0 fully saturated rings. The molecule has 100 valence electrons. The molecule has 4 rings (SSSR count). The van der Waals surface area contributed by atoms with Gasteiger partial charge in [0.15, 0.2) is 5.65 Å². The van der Waals surface area contributed by atoms with E-state index in [2.05, 4.69) is 10.1 Å². The quantitative estimate of drug-likeness (QED) is 0.731. The zero-order valence-electron chi connectivity index (χ0n) is 11.2. The summed E-state index contributed by atoms with van der Waals surface area (Å²) in [5, 5.41) is 3.14. The summed E-state index contributed by atoms with van der Waals surface area (Å²) in [6, 6.07) is 3.88. The van der Waals surface area contributed by atoms with Crippen LogP contribution in [-0.2, 0) is 12.8 Å². The molecular weight excluding hydrogens is 252 g/mol. The summed E-state index contributed by atoms with van der Waals surface area (Å²) in [4.78, 5) is 21.4. The molecule has 0 saturated carbocycles. The van der Waals surface area contributed by atoms with Crippen molar-refractivity contribution in [1.29, 1.82) is 0 Å². The van der Waals surface area contributed by atoms with Crippen molar-refractivity contribution in [2.24, 2.45) is 0 Å². The number of aromatic nitrogens is 4. The number of hydrogen-bond donors (Lipinski definition) is 1. The van der Waals surface area contributed by atoms with Gasteiger partial charge in [-0.05, 0) is 32.3 Å². The average molecular weight is 266 g/mol. The van der Waals surface area contributed by atoms with Gasteiger partial charge in [-0.25, -0.2) is 9.50 Å². The molecule has 0 radical (unpaired) electrons. The Morgan fingerprint density at radius 3 is 3.05 bits per heavy atom. The lowest BCUT2D eigenvalue weighted by molar-refractivity contribution is 0.856. The Balaban J connectivity index is 2.11. The molecule has 0 atom stereocenters. The first-order valence-electron chi connectivity index (χ1n) is 6.79. The van der Waals surface area contributed by atoms with Crippen LogP contribution in [0.5, 0.6) is 0 Å².